The van der Waals surface area contributed by atoms with Crippen LogP contribution in [0.25, 0.3) is 0 Å². The van der Waals surface area contributed by atoms with Crippen LogP contribution < -0.4 is 4.74 Å². The highest BCUT2D eigenvalue weighted by Crippen LogP contribution is 2.36. The van der Waals surface area contributed by atoms with Crippen molar-refractivity contribution in [2.75, 3.05) is 0 Å². The number of thioether (sulfide) groups is 1. The van der Waals surface area contributed by atoms with E-state index >= 15 is 0 Å². The molecule has 1 unspecified atom stereocenters. The Bertz CT molecular complexity index is 943. The first-order chi connectivity index (χ1) is 13.5. The fraction of sp³-hybridized carbons (Fsp3) is 0.348. The van der Waals surface area contributed by atoms with E-state index in [1.54, 1.807) is 11.8 Å². The predicted molar refractivity (Wildman–Crippen MR) is 117 cm³/mol. The second-order valence-electron chi connectivity index (χ2n) is 7.26. The Morgan fingerprint density at radius 2 is 2.18 bits per heavy atom. The zero-order valence-electron chi connectivity index (χ0n) is 16.6. The number of fused-ring (bicyclic) bond motifs is 1. The Balaban J connectivity index is 1.82. The van der Waals surface area contributed by atoms with Gasteiger partial charge in [-0.25, -0.2) is 0 Å². The molecule has 144 valence electrons. The molecule has 0 heterocycles. The minimum Gasteiger partial charge on any atom is -0.490 e. The SMILES string of the molecule is C=N/N=C(\SCc1ccc(OC(C)C)c(C#N)c1)c1cccc2c1CCC2C. The summed E-state index contributed by atoms with van der Waals surface area (Å²) >= 11 is 1.62. The molecular weight excluding hydrogens is 366 g/mol. The van der Waals surface area contributed by atoms with E-state index in [1.807, 2.05) is 32.0 Å². The molecule has 28 heavy (non-hydrogen) atoms. The van der Waals surface area contributed by atoms with Crippen LogP contribution in [0, 0.1) is 11.3 Å². The average molecular weight is 392 g/mol. The lowest BCUT2D eigenvalue weighted by Crippen LogP contribution is -2.07. The van der Waals surface area contributed by atoms with E-state index in [2.05, 4.69) is 48.1 Å². The lowest BCUT2D eigenvalue weighted by atomic mass is 10.0. The first kappa shape index (κ1) is 20.2. The van der Waals surface area contributed by atoms with Gasteiger partial charge in [-0.3, -0.25) is 0 Å². The highest BCUT2D eigenvalue weighted by atomic mass is 32.2. The van der Waals surface area contributed by atoms with Crippen LogP contribution in [-0.4, -0.2) is 17.9 Å². The van der Waals surface area contributed by atoms with Crippen LogP contribution in [-0.2, 0) is 12.2 Å². The van der Waals surface area contributed by atoms with E-state index in [0.717, 1.165) is 22.6 Å². The number of hydrogen-bond donors (Lipinski definition) is 0. The molecular formula is C23H25N3OS. The molecule has 0 aliphatic heterocycles. The van der Waals surface area contributed by atoms with Crippen molar-refractivity contribution in [3.05, 3.63) is 64.2 Å². The van der Waals surface area contributed by atoms with E-state index in [1.165, 1.54) is 17.5 Å². The maximum atomic E-state index is 9.44. The minimum absolute atomic E-state index is 0.0345. The van der Waals surface area contributed by atoms with Crippen molar-refractivity contribution in [3.8, 4) is 11.8 Å². The van der Waals surface area contributed by atoms with Gasteiger partial charge in [-0.15, -0.1) is 5.10 Å². The molecule has 0 saturated heterocycles. The molecule has 4 nitrogen and oxygen atoms in total. The second kappa shape index (κ2) is 9.07. The zero-order valence-corrected chi connectivity index (χ0v) is 17.4. The molecule has 0 aromatic heterocycles. The van der Waals surface area contributed by atoms with E-state index in [9.17, 15) is 5.26 Å². The summed E-state index contributed by atoms with van der Waals surface area (Å²) in [6, 6.07) is 14.4. The summed E-state index contributed by atoms with van der Waals surface area (Å²) in [5.74, 6) is 1.91. The van der Waals surface area contributed by atoms with Crippen molar-refractivity contribution in [2.24, 2.45) is 10.2 Å². The number of nitrogens with zero attached hydrogens (tertiary/aromatic N) is 3. The lowest BCUT2D eigenvalue weighted by Gasteiger charge is -2.13. The first-order valence-corrected chi connectivity index (χ1v) is 10.5. The lowest BCUT2D eigenvalue weighted by molar-refractivity contribution is 0.241. The first-order valence-electron chi connectivity index (χ1n) is 9.51. The van der Waals surface area contributed by atoms with E-state index < -0.39 is 0 Å². The molecule has 3 rings (SSSR count). The van der Waals surface area contributed by atoms with Gasteiger partial charge in [0.1, 0.15) is 16.9 Å². The van der Waals surface area contributed by atoms with Crippen molar-refractivity contribution in [1.29, 1.82) is 5.26 Å². The molecule has 0 radical (unpaired) electrons. The van der Waals surface area contributed by atoms with Gasteiger partial charge >= 0.3 is 0 Å². The van der Waals surface area contributed by atoms with Crippen LogP contribution in [0.2, 0.25) is 0 Å². The van der Waals surface area contributed by atoms with Crippen molar-refractivity contribution < 1.29 is 4.74 Å². The summed E-state index contributed by atoms with van der Waals surface area (Å²) in [5, 5.41) is 18.4. The summed E-state index contributed by atoms with van der Waals surface area (Å²) in [7, 11) is 0. The van der Waals surface area contributed by atoms with Crippen molar-refractivity contribution >= 4 is 23.5 Å². The number of nitriles is 1. The van der Waals surface area contributed by atoms with Gasteiger partial charge in [0.2, 0.25) is 0 Å². The third-order valence-electron chi connectivity index (χ3n) is 4.87. The van der Waals surface area contributed by atoms with Gasteiger partial charge < -0.3 is 4.74 Å². The van der Waals surface area contributed by atoms with Crippen LogP contribution in [0.4, 0.5) is 0 Å². The summed E-state index contributed by atoms with van der Waals surface area (Å²) in [4.78, 5) is 0. The van der Waals surface area contributed by atoms with Gasteiger partial charge in [0.25, 0.3) is 0 Å². The van der Waals surface area contributed by atoms with Crippen LogP contribution in [0.1, 0.15) is 60.9 Å². The topological polar surface area (TPSA) is 57.7 Å². The highest BCUT2D eigenvalue weighted by Gasteiger charge is 2.23. The average Bonchev–Trinajstić information content (AvgIpc) is 3.07. The maximum Gasteiger partial charge on any atom is 0.137 e. The third-order valence-corrected chi connectivity index (χ3v) is 5.92. The largest absolute Gasteiger partial charge is 0.490 e. The van der Waals surface area contributed by atoms with Gasteiger partial charge in [0.05, 0.1) is 11.7 Å². The molecule has 0 amide bonds. The minimum atomic E-state index is 0.0345. The fourth-order valence-electron chi connectivity index (χ4n) is 3.55. The quantitative estimate of drug-likeness (QED) is 0.361. The standard InChI is InChI=1S/C23H25N3OS/c1-15(2)27-22-11-9-17(12-18(22)13-24)14-28-23(26-25-4)21-7-5-6-19-16(3)8-10-20(19)21/h5-7,9,11-12,15-16H,4,8,10,14H2,1-3H3/b26-23-. The number of ether oxygens (including phenoxy) is 1. The smallest absolute Gasteiger partial charge is 0.137 e. The fourth-order valence-corrected chi connectivity index (χ4v) is 4.49. The molecule has 0 spiro atoms. The molecule has 2 aromatic carbocycles. The maximum absolute atomic E-state index is 9.44. The molecule has 2 aromatic rings. The monoisotopic (exact) mass is 391 g/mol. The van der Waals surface area contributed by atoms with Crippen molar-refractivity contribution in [1.82, 2.24) is 0 Å². The molecule has 5 heteroatoms. The summed E-state index contributed by atoms with van der Waals surface area (Å²) in [6.07, 6.45) is 2.28. The Labute approximate surface area is 171 Å². The van der Waals surface area contributed by atoms with Gasteiger partial charge in [0, 0.05) is 18.0 Å². The van der Waals surface area contributed by atoms with Crippen molar-refractivity contribution in [2.45, 2.75) is 51.4 Å². The van der Waals surface area contributed by atoms with E-state index in [0.29, 0.717) is 23.0 Å². The van der Waals surface area contributed by atoms with Crippen LogP contribution in [0.15, 0.2) is 46.6 Å². The second-order valence-corrected chi connectivity index (χ2v) is 8.22. The van der Waals surface area contributed by atoms with Crippen molar-refractivity contribution in [3.63, 3.8) is 0 Å². The normalized spacial score (nSPS) is 16.0. The van der Waals surface area contributed by atoms with E-state index in [4.69, 9.17) is 4.74 Å². The molecule has 1 aliphatic carbocycles. The predicted octanol–water partition coefficient (Wildman–Crippen LogP) is 5.69. The van der Waals surface area contributed by atoms with Gasteiger partial charge in [-0.1, -0.05) is 43.0 Å². The summed E-state index contributed by atoms with van der Waals surface area (Å²) < 4.78 is 5.71. The molecule has 0 bridgehead atoms. The highest BCUT2D eigenvalue weighted by molar-refractivity contribution is 8.13. The molecule has 0 saturated carbocycles. The van der Waals surface area contributed by atoms with Crippen LogP contribution in [0.5, 0.6) is 5.75 Å². The molecule has 1 aliphatic rings. The van der Waals surface area contributed by atoms with Crippen LogP contribution in [0.3, 0.4) is 0 Å². The molecule has 1 atom stereocenters. The number of rotatable bonds is 6. The summed E-state index contributed by atoms with van der Waals surface area (Å²) in [5.41, 5.74) is 5.55. The Hall–Kier alpha value is -2.58. The zero-order chi connectivity index (χ0) is 20.1. The van der Waals surface area contributed by atoms with Gasteiger partial charge in [-0.2, -0.15) is 10.4 Å². The Morgan fingerprint density at radius 3 is 2.89 bits per heavy atom. The van der Waals surface area contributed by atoms with E-state index in [-0.39, 0.29) is 6.10 Å². The number of hydrogen-bond acceptors (Lipinski definition) is 5. The van der Waals surface area contributed by atoms with Crippen LogP contribution >= 0.6 is 11.8 Å². The molecule has 0 fully saturated rings. The third kappa shape index (κ3) is 4.45. The van der Waals surface area contributed by atoms with Gasteiger partial charge in [-0.05, 0) is 61.4 Å². The van der Waals surface area contributed by atoms with Gasteiger partial charge in [0.15, 0.2) is 0 Å². The summed E-state index contributed by atoms with van der Waals surface area (Å²) in [6.45, 7) is 9.73. The molecule has 0 N–H and O–H groups in total. The number of benzene rings is 2. The Kier molecular flexibility index (Phi) is 6.53. The Morgan fingerprint density at radius 1 is 1.36 bits per heavy atom.